The van der Waals surface area contributed by atoms with Crippen molar-refractivity contribution in [3.8, 4) is 0 Å². The number of hydrogen-bond acceptors (Lipinski definition) is 0. The maximum absolute atomic E-state index is 0. The molecule has 0 amide bonds. The normalized spacial score (nSPS) is 0. The second-order valence-corrected chi connectivity index (χ2v) is 0. The fraction of sp³-hybridized carbons (Fsp3) is 0. The van der Waals surface area contributed by atoms with E-state index in [9.17, 15) is 0 Å². The van der Waals surface area contributed by atoms with E-state index in [-0.39, 0.29) is 157 Å². The first kappa shape index (κ1) is 138. The molecular formula is Cl8LaTa. The Morgan fingerprint density at radius 2 is 0.300 bits per heavy atom. The summed E-state index contributed by atoms with van der Waals surface area (Å²) in [4.78, 5) is 0. The molecule has 0 atom stereocenters. The van der Waals surface area contributed by atoms with E-state index in [2.05, 4.69) is 0 Å². The molecule has 0 aromatic heterocycles. The Balaban J connectivity index is 0. The standard InChI is InChI=1S/8ClH.La.Ta/h8*1H;;/q;;;;;;;;+3;+5/p-8. The van der Waals surface area contributed by atoms with Crippen LogP contribution >= 0.6 is 0 Å². The van der Waals surface area contributed by atoms with E-state index in [4.69, 9.17) is 0 Å². The molecule has 0 aliphatic rings. The second kappa shape index (κ2) is 110. The average Bonchev–Trinajstić information content (AvgIpc) is 0. The summed E-state index contributed by atoms with van der Waals surface area (Å²) in [6.45, 7) is 0. The average molecular weight is 603 g/mol. The van der Waals surface area contributed by atoms with Crippen LogP contribution in [0.5, 0.6) is 0 Å². The largest absolute Gasteiger partial charge is 5.00 e. The molecule has 0 fully saturated rings. The molecule has 0 aliphatic heterocycles. The van der Waals surface area contributed by atoms with Crippen LogP contribution in [0.15, 0.2) is 0 Å². The first-order valence-corrected chi connectivity index (χ1v) is 0. The van der Waals surface area contributed by atoms with Crippen molar-refractivity contribution >= 4 is 0 Å². The Labute approximate surface area is 154 Å². The summed E-state index contributed by atoms with van der Waals surface area (Å²) >= 11 is 0. The van der Waals surface area contributed by atoms with Gasteiger partial charge in [0.15, 0.2) is 0 Å². The topological polar surface area (TPSA) is 0 Å². The van der Waals surface area contributed by atoms with Crippen LogP contribution in [-0.2, 0) is 22.4 Å². The van der Waals surface area contributed by atoms with Crippen molar-refractivity contribution in [2.45, 2.75) is 0 Å². The zero-order chi connectivity index (χ0) is 0. The predicted molar refractivity (Wildman–Crippen MR) is 0 cm³/mol. The van der Waals surface area contributed by atoms with Gasteiger partial charge in [-0.3, -0.25) is 0 Å². The minimum atomic E-state index is 0. The molecule has 0 spiro atoms. The fourth-order valence-electron chi connectivity index (χ4n) is 0. The van der Waals surface area contributed by atoms with Gasteiger partial charge in [0.25, 0.3) is 0 Å². The summed E-state index contributed by atoms with van der Waals surface area (Å²) < 4.78 is 0. The predicted octanol–water partition coefficient (Wildman–Crippen LogP) is -24.0. The molecule has 0 heterocycles. The van der Waals surface area contributed by atoms with E-state index in [0.717, 1.165) is 0 Å². The van der Waals surface area contributed by atoms with E-state index < -0.39 is 0 Å². The van der Waals surface area contributed by atoms with Crippen LogP contribution in [0.2, 0.25) is 0 Å². The summed E-state index contributed by atoms with van der Waals surface area (Å²) in [5, 5.41) is 0. The Kier molecular flexibility index (Phi) is 1520. The fourth-order valence-corrected chi connectivity index (χ4v) is 0. The van der Waals surface area contributed by atoms with Crippen molar-refractivity contribution < 1.29 is 157 Å². The number of hydrogen-bond donors (Lipinski definition) is 0. The third-order valence-corrected chi connectivity index (χ3v) is 0. The molecular weight excluding hydrogens is 603 g/mol. The molecule has 10 heavy (non-hydrogen) atoms. The Hall–Kier alpha value is 4.26. The molecule has 0 aromatic rings. The molecule has 0 N–H and O–H groups in total. The van der Waals surface area contributed by atoms with E-state index in [1.165, 1.54) is 0 Å². The molecule has 0 unspecified atom stereocenters. The van der Waals surface area contributed by atoms with E-state index >= 15 is 0 Å². The molecule has 64 valence electrons. The SMILES string of the molecule is [Cl-].[Cl-].[Cl-].[Cl-].[Cl-].[Cl-].[Cl-].[Cl-].[La+3].[Ta+5]. The van der Waals surface area contributed by atoms with Crippen LogP contribution in [0, 0.1) is 35.6 Å². The first-order chi connectivity index (χ1) is 0. The summed E-state index contributed by atoms with van der Waals surface area (Å²) in [6.07, 6.45) is 0. The van der Waals surface area contributed by atoms with Crippen molar-refractivity contribution in [1.82, 2.24) is 0 Å². The maximum atomic E-state index is 0. The molecule has 0 saturated heterocycles. The summed E-state index contributed by atoms with van der Waals surface area (Å²) in [5.74, 6) is 0. The van der Waals surface area contributed by atoms with Gasteiger partial charge in [0.05, 0.1) is 0 Å². The zero-order valence-corrected chi connectivity index (χ0v) is 16.9. The molecule has 0 aromatic carbocycles. The van der Waals surface area contributed by atoms with Gasteiger partial charge in [0.1, 0.15) is 0 Å². The third-order valence-electron chi connectivity index (χ3n) is 0. The van der Waals surface area contributed by atoms with Crippen LogP contribution in [0.1, 0.15) is 0 Å². The van der Waals surface area contributed by atoms with Gasteiger partial charge in [0.2, 0.25) is 0 Å². The molecule has 0 rings (SSSR count). The summed E-state index contributed by atoms with van der Waals surface area (Å²) in [6, 6.07) is 0. The van der Waals surface area contributed by atoms with Gasteiger partial charge in [-0.05, 0) is 0 Å². The minimum Gasteiger partial charge on any atom is -1.00 e. The van der Waals surface area contributed by atoms with Gasteiger partial charge >= 0.3 is 58.0 Å². The molecule has 0 aliphatic carbocycles. The van der Waals surface area contributed by atoms with Gasteiger partial charge in [-0.15, -0.1) is 0 Å². The molecule has 0 saturated carbocycles. The van der Waals surface area contributed by atoms with Crippen LogP contribution < -0.4 is 99.3 Å². The quantitative estimate of drug-likeness (QED) is 0.258. The van der Waals surface area contributed by atoms with Gasteiger partial charge < -0.3 is 99.3 Å². The summed E-state index contributed by atoms with van der Waals surface area (Å²) in [7, 11) is 0. The molecule has 10 heteroatoms. The third kappa shape index (κ3) is 85.7. The van der Waals surface area contributed by atoms with E-state index in [1.54, 1.807) is 0 Å². The number of rotatable bonds is 0. The second-order valence-electron chi connectivity index (χ2n) is 0. The van der Waals surface area contributed by atoms with Crippen molar-refractivity contribution in [3.05, 3.63) is 0 Å². The molecule has 0 nitrogen and oxygen atoms in total. The zero-order valence-electron chi connectivity index (χ0n) is 4.05. The first-order valence-electron chi connectivity index (χ1n) is 0. The van der Waals surface area contributed by atoms with Crippen molar-refractivity contribution in [1.29, 1.82) is 0 Å². The van der Waals surface area contributed by atoms with Crippen LogP contribution in [0.25, 0.3) is 0 Å². The van der Waals surface area contributed by atoms with Gasteiger partial charge in [-0.1, -0.05) is 0 Å². The van der Waals surface area contributed by atoms with Gasteiger partial charge in [-0.25, -0.2) is 0 Å². The number of halogens is 8. The van der Waals surface area contributed by atoms with Gasteiger partial charge in [-0.2, -0.15) is 0 Å². The van der Waals surface area contributed by atoms with E-state index in [0.29, 0.717) is 0 Å². The van der Waals surface area contributed by atoms with Crippen molar-refractivity contribution in [2.75, 3.05) is 0 Å². The monoisotopic (exact) mass is 600 g/mol. The van der Waals surface area contributed by atoms with Crippen LogP contribution in [-0.4, -0.2) is 0 Å². The Morgan fingerprint density at radius 1 is 0.300 bits per heavy atom. The smallest absolute Gasteiger partial charge is 1.00 e. The van der Waals surface area contributed by atoms with Gasteiger partial charge in [0, 0.05) is 0 Å². The Bertz CT molecular complexity index is 9.22. The van der Waals surface area contributed by atoms with Crippen molar-refractivity contribution in [3.63, 3.8) is 0 Å². The molecule has 0 bridgehead atoms. The molecule has 0 radical (unpaired) electrons. The van der Waals surface area contributed by atoms with Crippen molar-refractivity contribution in [2.24, 2.45) is 0 Å². The maximum Gasteiger partial charge on any atom is 5.00 e. The Morgan fingerprint density at radius 3 is 0.300 bits per heavy atom. The van der Waals surface area contributed by atoms with Crippen LogP contribution in [0.4, 0.5) is 0 Å². The summed E-state index contributed by atoms with van der Waals surface area (Å²) in [5.41, 5.74) is 0. The van der Waals surface area contributed by atoms with Crippen LogP contribution in [0.3, 0.4) is 0 Å². The van der Waals surface area contributed by atoms with E-state index in [1.807, 2.05) is 0 Å². The minimum absolute atomic E-state index is 0.